The van der Waals surface area contributed by atoms with E-state index in [1.54, 1.807) is 0 Å². The van der Waals surface area contributed by atoms with Crippen LogP contribution in [0.5, 0.6) is 11.5 Å². The summed E-state index contributed by atoms with van der Waals surface area (Å²) in [7, 11) is -0.747. The molecule has 0 radical (unpaired) electrons. The van der Waals surface area contributed by atoms with E-state index in [-0.39, 0.29) is 45.1 Å². The molecule has 264 valence electrons. The largest absolute Gasteiger partial charge is 0.508 e. The van der Waals surface area contributed by atoms with Gasteiger partial charge >= 0.3 is 7.12 Å². The van der Waals surface area contributed by atoms with E-state index in [1.807, 2.05) is 0 Å². The molecule has 6 atom stereocenters. The van der Waals surface area contributed by atoms with Crippen molar-refractivity contribution < 1.29 is 61.0 Å². The molecule has 51 heavy (non-hydrogen) atoms. The van der Waals surface area contributed by atoms with E-state index in [9.17, 15) is 47.5 Å². The molecule has 18 heteroatoms. The van der Waals surface area contributed by atoms with Gasteiger partial charge in [-0.05, 0) is 42.4 Å². The number of benzene rings is 3. The van der Waals surface area contributed by atoms with Gasteiger partial charge in [-0.3, -0.25) is 24.1 Å². The molecule has 0 spiro atoms. The lowest BCUT2D eigenvalue weighted by Crippen LogP contribution is -2.60. The molecule has 1 saturated carbocycles. The van der Waals surface area contributed by atoms with Gasteiger partial charge < -0.3 is 19.9 Å². The average Bonchev–Trinajstić information content (AvgIpc) is 3.44. The molecular weight excluding hydrogens is 729 g/mol. The maximum absolute atomic E-state index is 15.2. The first kappa shape index (κ1) is 34.9. The minimum Gasteiger partial charge on any atom is -0.508 e. The van der Waals surface area contributed by atoms with E-state index in [4.69, 9.17) is 27.9 Å². The van der Waals surface area contributed by atoms with Crippen molar-refractivity contribution in [2.24, 2.45) is 17.8 Å². The second kappa shape index (κ2) is 11.8. The van der Waals surface area contributed by atoms with Gasteiger partial charge in [0.05, 0.1) is 24.6 Å². The molecule has 4 aliphatic rings. The SMILES string of the molecule is COc1cc(O)ccc1[C@H]1C2=CC[C@@H]3C(=O)N(c4cccc(B(O)O)c4)C(=O)[C@@H]3[C@@H]2C[C@@]2(Cl)C(=O)N(c3c(F)c(F)c(F)c(F)c3F)C(=O)[C@@]12Cl. The van der Waals surface area contributed by atoms with Crippen LogP contribution in [0.4, 0.5) is 33.3 Å². The van der Waals surface area contributed by atoms with E-state index < -0.39 is 105 Å². The highest BCUT2D eigenvalue weighted by Crippen LogP contribution is 2.67. The van der Waals surface area contributed by atoms with Crippen LogP contribution in [0.2, 0.25) is 0 Å². The second-order valence-corrected chi connectivity index (χ2v) is 13.8. The molecule has 3 aromatic rings. The van der Waals surface area contributed by atoms with E-state index in [0.29, 0.717) is 0 Å². The zero-order valence-corrected chi connectivity index (χ0v) is 27.4. The predicted molar refractivity (Wildman–Crippen MR) is 170 cm³/mol. The molecule has 3 aromatic carbocycles. The van der Waals surface area contributed by atoms with E-state index in [2.05, 4.69) is 0 Å². The van der Waals surface area contributed by atoms with Crippen molar-refractivity contribution in [1.29, 1.82) is 0 Å². The minimum absolute atomic E-state index is 0.00370. The number of imide groups is 2. The Morgan fingerprint density at radius 1 is 0.843 bits per heavy atom. The van der Waals surface area contributed by atoms with Gasteiger partial charge in [-0.1, -0.05) is 29.8 Å². The zero-order valence-electron chi connectivity index (χ0n) is 25.8. The number of ether oxygens (including phenoxy) is 1. The molecule has 3 N–H and O–H groups in total. The molecule has 2 aliphatic heterocycles. The van der Waals surface area contributed by atoms with E-state index >= 15 is 8.78 Å². The molecule has 4 amide bonds. The standard InChI is InChI=1S/C33H22BCl2F5N2O8/c1-51-19-10-14(44)5-6-16(19)21-15-7-8-17-20(29(46)42(28(17)45)13-4-2-3-12(9-13)34(49)50)18(15)11-32(35)30(47)43(31(48)33(21,32)36)27-25(40)23(38)22(37)24(39)26(27)41/h2-7,9-10,17-18,20-21,44,49-50H,8,11H2,1H3/t17-,18+,20-,21+,32+,33-/m0/s1. The second-order valence-electron chi connectivity index (χ2n) is 12.6. The highest BCUT2D eigenvalue weighted by Gasteiger charge is 2.77. The van der Waals surface area contributed by atoms with Crippen molar-refractivity contribution in [1.82, 2.24) is 0 Å². The van der Waals surface area contributed by atoms with Gasteiger partial charge in [0.2, 0.25) is 17.6 Å². The molecule has 2 heterocycles. The maximum atomic E-state index is 15.2. The number of hydrogen-bond acceptors (Lipinski definition) is 8. The Hall–Kier alpha value is -4.51. The van der Waals surface area contributed by atoms with Gasteiger partial charge in [-0.15, -0.1) is 23.2 Å². The third kappa shape index (κ3) is 4.55. The van der Waals surface area contributed by atoms with E-state index in [0.717, 1.165) is 11.0 Å². The van der Waals surface area contributed by atoms with Crippen LogP contribution in [0.3, 0.4) is 0 Å². The summed E-state index contributed by atoms with van der Waals surface area (Å²) in [5, 5.41) is 29.6. The number of carbonyl (C=O) groups excluding carboxylic acids is 4. The quantitative estimate of drug-likeness (QED) is 0.0684. The van der Waals surface area contributed by atoms with Crippen LogP contribution in [0.25, 0.3) is 0 Å². The van der Waals surface area contributed by atoms with Gasteiger partial charge in [0, 0.05) is 17.5 Å². The Morgan fingerprint density at radius 2 is 1.49 bits per heavy atom. The summed E-state index contributed by atoms with van der Waals surface area (Å²) in [5.41, 5.74) is -1.78. The molecule has 7 rings (SSSR count). The Morgan fingerprint density at radius 3 is 2.12 bits per heavy atom. The van der Waals surface area contributed by atoms with Crippen LogP contribution in [0.1, 0.15) is 24.3 Å². The van der Waals surface area contributed by atoms with Gasteiger partial charge in [0.1, 0.15) is 17.2 Å². The number of amides is 4. The molecule has 0 aromatic heterocycles. The van der Waals surface area contributed by atoms with Crippen molar-refractivity contribution in [2.45, 2.75) is 28.5 Å². The highest BCUT2D eigenvalue weighted by molar-refractivity contribution is 6.59. The molecule has 10 nitrogen and oxygen atoms in total. The zero-order chi connectivity index (χ0) is 37.1. The summed E-state index contributed by atoms with van der Waals surface area (Å²) in [4.78, 5) is 51.8. The number of alkyl halides is 2. The van der Waals surface area contributed by atoms with Gasteiger partial charge in [-0.25, -0.2) is 26.9 Å². The van der Waals surface area contributed by atoms with Gasteiger partial charge in [0.15, 0.2) is 33.0 Å². The Bertz CT molecular complexity index is 2110. The van der Waals surface area contributed by atoms with Crippen LogP contribution in [0, 0.1) is 46.8 Å². The fraction of sp³-hybridized carbons (Fsp3) is 0.273. The Kier molecular flexibility index (Phi) is 8.06. The number of nitrogens with zero attached hydrogens (tertiary/aromatic N) is 2. The minimum atomic E-state index is -2.78. The number of fused-ring (bicyclic) bond motifs is 4. The highest BCUT2D eigenvalue weighted by atomic mass is 35.5. The van der Waals surface area contributed by atoms with Crippen molar-refractivity contribution in [3.05, 3.63) is 88.8 Å². The Labute approximate surface area is 294 Å². The van der Waals surface area contributed by atoms with Crippen LogP contribution < -0.4 is 20.0 Å². The Balaban J connectivity index is 1.43. The first-order valence-corrected chi connectivity index (χ1v) is 16.0. The van der Waals surface area contributed by atoms with Gasteiger partial charge in [-0.2, -0.15) is 0 Å². The van der Waals surface area contributed by atoms with E-state index in [1.165, 1.54) is 49.6 Å². The summed E-state index contributed by atoms with van der Waals surface area (Å²) >= 11 is 14.2. The summed E-state index contributed by atoms with van der Waals surface area (Å²) in [6, 6.07) is 8.88. The number of carbonyl (C=O) groups is 4. The van der Waals surface area contributed by atoms with Crippen LogP contribution >= 0.6 is 23.2 Å². The fourth-order valence-electron chi connectivity index (χ4n) is 7.93. The summed E-state index contributed by atoms with van der Waals surface area (Å²) < 4.78 is 78.8. The monoisotopic (exact) mass is 750 g/mol. The first-order chi connectivity index (χ1) is 24.0. The lowest BCUT2D eigenvalue weighted by atomic mass is 9.56. The molecule has 0 bridgehead atoms. The summed E-state index contributed by atoms with van der Waals surface area (Å²) in [6.45, 7) is 0. The molecule has 2 saturated heterocycles. The van der Waals surface area contributed by atoms with Crippen molar-refractivity contribution in [2.75, 3.05) is 16.9 Å². The number of aromatic hydroxyl groups is 1. The number of rotatable bonds is 5. The molecule has 0 unspecified atom stereocenters. The molecule has 3 fully saturated rings. The third-order valence-corrected chi connectivity index (χ3v) is 11.6. The number of halogens is 7. The third-order valence-electron chi connectivity index (χ3n) is 10.2. The normalized spacial score (nSPS) is 28.5. The number of hydrogen-bond donors (Lipinski definition) is 3. The first-order valence-electron chi connectivity index (χ1n) is 15.2. The number of phenolic OH excluding ortho intramolecular Hbond substituents is 1. The predicted octanol–water partition coefficient (Wildman–Crippen LogP) is 3.54. The lowest BCUT2D eigenvalue weighted by molar-refractivity contribution is -0.125. The summed E-state index contributed by atoms with van der Waals surface area (Å²) in [6.07, 6.45) is 0.661. The number of phenols is 1. The average molecular weight is 751 g/mol. The summed E-state index contributed by atoms with van der Waals surface area (Å²) in [5.74, 6) is -22.9. The van der Waals surface area contributed by atoms with Crippen LogP contribution in [-0.4, -0.2) is 62.8 Å². The smallest absolute Gasteiger partial charge is 0.488 e. The number of allylic oxidation sites excluding steroid dienone is 2. The lowest BCUT2D eigenvalue weighted by Gasteiger charge is -2.50. The van der Waals surface area contributed by atoms with Crippen molar-refractivity contribution >= 4 is 70.8 Å². The number of anilines is 2. The number of methoxy groups -OCH3 is 1. The van der Waals surface area contributed by atoms with Gasteiger partial charge in [0.25, 0.3) is 11.8 Å². The molecular formula is C33H22BCl2F5N2O8. The fourth-order valence-corrected chi connectivity index (χ4v) is 8.86. The van der Waals surface area contributed by atoms with Crippen molar-refractivity contribution in [3.63, 3.8) is 0 Å². The van der Waals surface area contributed by atoms with Crippen LogP contribution in [0.15, 0.2) is 54.1 Å². The molecule has 2 aliphatic carbocycles. The maximum Gasteiger partial charge on any atom is 0.488 e. The topological polar surface area (TPSA) is 145 Å². The van der Waals surface area contributed by atoms with Crippen LogP contribution in [-0.2, 0) is 19.2 Å². The van der Waals surface area contributed by atoms with Crippen molar-refractivity contribution in [3.8, 4) is 11.5 Å².